The summed E-state index contributed by atoms with van der Waals surface area (Å²) >= 11 is 0. The zero-order valence-electron chi connectivity index (χ0n) is 12.5. The first-order chi connectivity index (χ1) is 9.08. The summed E-state index contributed by atoms with van der Waals surface area (Å²) in [5.74, 6) is 1.32. The highest BCUT2D eigenvalue weighted by molar-refractivity contribution is 5.00. The number of rotatable bonds is 4. The second-order valence-corrected chi connectivity index (χ2v) is 6.20. The second-order valence-electron chi connectivity index (χ2n) is 6.20. The van der Waals surface area contributed by atoms with Crippen LogP contribution in [0, 0.1) is 11.8 Å². The normalized spacial score (nSPS) is 25.2. The fourth-order valence-corrected chi connectivity index (χ4v) is 2.76. The van der Waals surface area contributed by atoms with E-state index >= 15 is 0 Å². The number of nitrogens with one attached hydrogen (secondary N) is 1. The van der Waals surface area contributed by atoms with Gasteiger partial charge in [0.15, 0.2) is 0 Å². The second kappa shape index (κ2) is 6.44. The summed E-state index contributed by atoms with van der Waals surface area (Å²) in [5, 5.41) is 3.69. The monoisotopic (exact) mass is 262 g/mol. The predicted molar refractivity (Wildman–Crippen MR) is 77.7 cm³/mol. The Balaban J connectivity index is 2.07. The smallest absolute Gasteiger partial charge is 0.115 e. The minimum atomic E-state index is 0.580. The maximum atomic E-state index is 4.36. The molecule has 106 valence electrons. The average Bonchev–Trinajstić information content (AvgIpc) is 2.39. The zero-order valence-corrected chi connectivity index (χ0v) is 12.5. The van der Waals surface area contributed by atoms with Crippen LogP contribution in [0.3, 0.4) is 0 Å². The maximum absolute atomic E-state index is 4.36. The minimum absolute atomic E-state index is 0.580. The summed E-state index contributed by atoms with van der Waals surface area (Å²) in [6.45, 7) is 12.3. The lowest BCUT2D eigenvalue weighted by Gasteiger charge is -2.43. The van der Waals surface area contributed by atoms with Crippen LogP contribution in [0.25, 0.3) is 0 Å². The Hall–Kier alpha value is -1.00. The fraction of sp³-hybridized carbons (Fsp3) is 0.733. The fourth-order valence-electron chi connectivity index (χ4n) is 2.76. The molecule has 1 saturated heterocycles. The summed E-state index contributed by atoms with van der Waals surface area (Å²) < 4.78 is 0. The largest absolute Gasteiger partial charge is 0.311 e. The molecule has 4 nitrogen and oxygen atoms in total. The molecule has 0 aliphatic carbocycles. The van der Waals surface area contributed by atoms with Gasteiger partial charge in [-0.2, -0.15) is 0 Å². The Kier molecular flexibility index (Phi) is 4.88. The molecule has 0 bridgehead atoms. The molecule has 0 spiro atoms. The Morgan fingerprint density at radius 1 is 1.32 bits per heavy atom. The van der Waals surface area contributed by atoms with Gasteiger partial charge in [0.1, 0.15) is 6.33 Å². The number of piperazine rings is 1. The molecule has 1 N–H and O–H groups in total. The molecule has 2 rings (SSSR count). The molecule has 2 heterocycles. The van der Waals surface area contributed by atoms with E-state index in [0.29, 0.717) is 23.9 Å². The van der Waals surface area contributed by atoms with Gasteiger partial charge in [0.05, 0.1) is 5.69 Å². The first-order valence-corrected chi connectivity index (χ1v) is 7.30. The van der Waals surface area contributed by atoms with E-state index in [1.807, 2.05) is 12.3 Å². The van der Waals surface area contributed by atoms with Crippen molar-refractivity contribution < 1.29 is 0 Å². The van der Waals surface area contributed by atoms with E-state index in [-0.39, 0.29) is 0 Å². The van der Waals surface area contributed by atoms with E-state index in [9.17, 15) is 0 Å². The van der Waals surface area contributed by atoms with Gasteiger partial charge in [0.25, 0.3) is 0 Å². The number of nitrogens with zero attached hydrogens (tertiary/aromatic N) is 3. The molecule has 2 atom stereocenters. The first kappa shape index (κ1) is 14.4. The molecule has 2 unspecified atom stereocenters. The summed E-state index contributed by atoms with van der Waals surface area (Å²) in [4.78, 5) is 10.9. The lowest BCUT2D eigenvalue weighted by molar-refractivity contribution is 0.0772. The van der Waals surface area contributed by atoms with E-state index in [1.54, 1.807) is 6.33 Å². The predicted octanol–water partition coefficient (Wildman–Crippen LogP) is 1.93. The van der Waals surface area contributed by atoms with Crippen molar-refractivity contribution in [3.05, 3.63) is 24.3 Å². The molecule has 1 aliphatic rings. The Morgan fingerprint density at radius 3 is 2.68 bits per heavy atom. The lowest BCUT2D eigenvalue weighted by Crippen LogP contribution is -2.59. The third kappa shape index (κ3) is 3.74. The van der Waals surface area contributed by atoms with Crippen LogP contribution in [0.2, 0.25) is 0 Å². The summed E-state index contributed by atoms with van der Waals surface area (Å²) in [6, 6.07) is 3.19. The van der Waals surface area contributed by atoms with Crippen molar-refractivity contribution in [1.29, 1.82) is 0 Å². The molecule has 1 fully saturated rings. The van der Waals surface area contributed by atoms with Crippen molar-refractivity contribution in [2.75, 3.05) is 13.1 Å². The van der Waals surface area contributed by atoms with Crippen molar-refractivity contribution in [2.24, 2.45) is 11.8 Å². The van der Waals surface area contributed by atoms with Crippen LogP contribution in [-0.4, -0.2) is 40.0 Å². The zero-order chi connectivity index (χ0) is 13.8. The quantitative estimate of drug-likeness (QED) is 0.900. The van der Waals surface area contributed by atoms with Gasteiger partial charge in [-0.1, -0.05) is 27.7 Å². The highest BCUT2D eigenvalue weighted by Gasteiger charge is 2.31. The van der Waals surface area contributed by atoms with Crippen molar-refractivity contribution in [1.82, 2.24) is 20.2 Å². The molecule has 0 saturated carbocycles. The standard InChI is InChI=1S/C15H26N4/c1-11(2)14-9-19(15(7-17-14)12(3)4)8-13-5-6-16-10-18-13/h5-6,10-12,14-15,17H,7-9H2,1-4H3. The van der Waals surface area contributed by atoms with E-state index in [0.717, 1.165) is 25.3 Å². The highest BCUT2D eigenvalue weighted by Crippen LogP contribution is 2.20. The van der Waals surface area contributed by atoms with Gasteiger partial charge >= 0.3 is 0 Å². The summed E-state index contributed by atoms with van der Waals surface area (Å²) in [7, 11) is 0. The molecular weight excluding hydrogens is 236 g/mol. The molecular formula is C15H26N4. The number of hydrogen-bond donors (Lipinski definition) is 1. The van der Waals surface area contributed by atoms with Gasteiger partial charge in [-0.3, -0.25) is 4.90 Å². The van der Waals surface area contributed by atoms with Crippen molar-refractivity contribution in [2.45, 2.75) is 46.3 Å². The first-order valence-electron chi connectivity index (χ1n) is 7.30. The number of aromatic nitrogens is 2. The molecule has 0 aromatic carbocycles. The van der Waals surface area contributed by atoms with Gasteiger partial charge in [-0.05, 0) is 17.9 Å². The van der Waals surface area contributed by atoms with Gasteiger partial charge in [0.2, 0.25) is 0 Å². The van der Waals surface area contributed by atoms with Crippen LogP contribution < -0.4 is 5.32 Å². The van der Waals surface area contributed by atoms with Crippen LogP contribution in [0.4, 0.5) is 0 Å². The van der Waals surface area contributed by atoms with Crippen molar-refractivity contribution >= 4 is 0 Å². The lowest BCUT2D eigenvalue weighted by atomic mass is 9.94. The Bertz CT molecular complexity index is 377. The topological polar surface area (TPSA) is 41.1 Å². The number of hydrogen-bond acceptors (Lipinski definition) is 4. The third-order valence-electron chi connectivity index (χ3n) is 4.07. The van der Waals surface area contributed by atoms with E-state index < -0.39 is 0 Å². The minimum Gasteiger partial charge on any atom is -0.311 e. The van der Waals surface area contributed by atoms with Gasteiger partial charge < -0.3 is 5.32 Å². The highest BCUT2D eigenvalue weighted by atomic mass is 15.2. The van der Waals surface area contributed by atoms with Crippen LogP contribution in [0.15, 0.2) is 18.6 Å². The summed E-state index contributed by atoms with van der Waals surface area (Å²) in [6.07, 6.45) is 3.47. The van der Waals surface area contributed by atoms with Gasteiger partial charge in [-0.15, -0.1) is 0 Å². The van der Waals surface area contributed by atoms with Crippen molar-refractivity contribution in [3.8, 4) is 0 Å². The SMILES string of the molecule is CC(C)C1CN(Cc2ccncn2)C(C(C)C)CN1. The average molecular weight is 262 g/mol. The molecule has 0 amide bonds. The maximum Gasteiger partial charge on any atom is 0.115 e. The molecule has 4 heteroatoms. The van der Waals surface area contributed by atoms with Crippen molar-refractivity contribution in [3.63, 3.8) is 0 Å². The van der Waals surface area contributed by atoms with E-state index in [1.165, 1.54) is 0 Å². The molecule has 19 heavy (non-hydrogen) atoms. The van der Waals surface area contributed by atoms with Crippen LogP contribution in [0.5, 0.6) is 0 Å². The van der Waals surface area contributed by atoms with Crippen LogP contribution >= 0.6 is 0 Å². The molecule has 1 aromatic heterocycles. The summed E-state index contributed by atoms with van der Waals surface area (Å²) in [5.41, 5.74) is 1.12. The molecule has 1 aliphatic heterocycles. The van der Waals surface area contributed by atoms with Gasteiger partial charge in [-0.25, -0.2) is 9.97 Å². The molecule has 0 radical (unpaired) electrons. The Labute approximate surface area is 116 Å². The third-order valence-corrected chi connectivity index (χ3v) is 4.07. The van der Waals surface area contributed by atoms with E-state index in [2.05, 4.69) is 47.9 Å². The molecule has 1 aromatic rings. The van der Waals surface area contributed by atoms with Crippen LogP contribution in [-0.2, 0) is 6.54 Å². The van der Waals surface area contributed by atoms with Crippen LogP contribution in [0.1, 0.15) is 33.4 Å². The Morgan fingerprint density at radius 2 is 2.11 bits per heavy atom. The van der Waals surface area contributed by atoms with E-state index in [4.69, 9.17) is 0 Å². The van der Waals surface area contributed by atoms with Gasteiger partial charge in [0, 0.05) is 37.9 Å².